The molecule has 11 nitrogen and oxygen atoms in total. The Bertz CT molecular complexity index is 1050. The van der Waals surface area contributed by atoms with Gasteiger partial charge in [-0.1, -0.05) is 12.1 Å². The van der Waals surface area contributed by atoms with Crippen LogP contribution in [0.15, 0.2) is 48.5 Å². The summed E-state index contributed by atoms with van der Waals surface area (Å²) in [5.74, 6) is -0.386. The fourth-order valence-electron chi connectivity index (χ4n) is 3.20. The first kappa shape index (κ1) is 25.5. The Morgan fingerprint density at radius 2 is 1.46 bits per heavy atom. The van der Waals surface area contributed by atoms with Gasteiger partial charge in [-0.3, -0.25) is 20.2 Å². The number of urea groups is 2. The summed E-state index contributed by atoms with van der Waals surface area (Å²) in [7, 11) is 3.34. The van der Waals surface area contributed by atoms with Crippen LogP contribution < -0.4 is 25.4 Å². The third-order valence-electron chi connectivity index (χ3n) is 5.12. The summed E-state index contributed by atoms with van der Waals surface area (Å²) >= 11 is 0. The topological polar surface area (TPSA) is 135 Å². The number of ether oxygens (including phenoxy) is 3. The lowest BCUT2D eigenvalue weighted by Crippen LogP contribution is -2.69. The van der Waals surface area contributed by atoms with Crippen LogP contribution in [0.5, 0.6) is 17.2 Å². The second-order valence-corrected chi connectivity index (χ2v) is 7.88. The Balaban J connectivity index is 1.65. The van der Waals surface area contributed by atoms with E-state index in [1.54, 1.807) is 57.4 Å². The fourth-order valence-corrected chi connectivity index (χ4v) is 3.20. The SMILES string of the molecule is CCOCCC1(Oc2ccc(Oc3ccc(CNC(=O)N(C)C)cc3)cc2)C(=O)NC(=O)NC1=O. The lowest BCUT2D eigenvalue weighted by atomic mass is 9.95. The predicted octanol–water partition coefficient (Wildman–Crippen LogP) is 2.16. The van der Waals surface area contributed by atoms with Crippen LogP contribution in [0.25, 0.3) is 0 Å². The van der Waals surface area contributed by atoms with Gasteiger partial charge in [0.25, 0.3) is 17.4 Å². The van der Waals surface area contributed by atoms with Gasteiger partial charge in [0.1, 0.15) is 17.2 Å². The molecular weight excluding hydrogens is 456 g/mol. The van der Waals surface area contributed by atoms with Crippen molar-refractivity contribution in [2.24, 2.45) is 0 Å². The standard InChI is InChI=1S/C24H28N4O7/c1-4-33-14-13-24(20(29)26-22(31)27-21(24)30)35-19-11-9-18(10-12-19)34-17-7-5-16(6-8-17)15-25-23(32)28(2)3/h5-12H,4,13-15H2,1-3H3,(H,25,32)(H2,26,27,29,30,31). The minimum atomic E-state index is -1.94. The van der Waals surface area contributed by atoms with E-state index in [1.807, 2.05) is 12.1 Å². The zero-order valence-electron chi connectivity index (χ0n) is 19.8. The van der Waals surface area contributed by atoms with Gasteiger partial charge in [-0.25, -0.2) is 9.59 Å². The Kier molecular flexibility index (Phi) is 8.26. The molecule has 0 bridgehead atoms. The summed E-state index contributed by atoms with van der Waals surface area (Å²) in [5.41, 5.74) is -1.03. The molecule has 1 aliphatic heterocycles. The lowest BCUT2D eigenvalue weighted by molar-refractivity contribution is -0.153. The molecule has 0 unspecified atom stereocenters. The summed E-state index contributed by atoms with van der Waals surface area (Å²) in [6.45, 7) is 2.66. The molecule has 1 aliphatic rings. The Hall–Kier alpha value is -4.12. The molecule has 0 aliphatic carbocycles. The molecule has 35 heavy (non-hydrogen) atoms. The van der Waals surface area contributed by atoms with E-state index in [9.17, 15) is 19.2 Å². The van der Waals surface area contributed by atoms with Crippen molar-refractivity contribution in [2.75, 3.05) is 27.3 Å². The van der Waals surface area contributed by atoms with Gasteiger partial charge in [0.2, 0.25) is 0 Å². The molecule has 0 radical (unpaired) electrons. The monoisotopic (exact) mass is 484 g/mol. The van der Waals surface area contributed by atoms with Gasteiger partial charge in [-0.15, -0.1) is 0 Å². The average molecular weight is 485 g/mol. The van der Waals surface area contributed by atoms with Crippen molar-refractivity contribution in [3.63, 3.8) is 0 Å². The maximum atomic E-state index is 12.6. The molecule has 186 valence electrons. The average Bonchev–Trinajstić information content (AvgIpc) is 2.83. The molecule has 1 saturated heterocycles. The molecule has 1 heterocycles. The van der Waals surface area contributed by atoms with Gasteiger partial charge in [0.15, 0.2) is 0 Å². The van der Waals surface area contributed by atoms with Crippen LogP contribution in [0.4, 0.5) is 9.59 Å². The number of rotatable bonds is 10. The minimum absolute atomic E-state index is 0.0780. The third kappa shape index (κ3) is 6.48. The summed E-state index contributed by atoms with van der Waals surface area (Å²) < 4.78 is 16.9. The first-order valence-electron chi connectivity index (χ1n) is 11.0. The summed E-state index contributed by atoms with van der Waals surface area (Å²) in [6, 6.07) is 12.5. The van der Waals surface area contributed by atoms with Crippen molar-refractivity contribution in [3.8, 4) is 17.2 Å². The number of imide groups is 2. The van der Waals surface area contributed by atoms with E-state index in [2.05, 4.69) is 16.0 Å². The third-order valence-corrected chi connectivity index (χ3v) is 5.12. The van der Waals surface area contributed by atoms with Crippen molar-refractivity contribution in [1.82, 2.24) is 20.9 Å². The van der Waals surface area contributed by atoms with Gasteiger partial charge < -0.3 is 24.4 Å². The van der Waals surface area contributed by atoms with Crippen molar-refractivity contribution in [1.29, 1.82) is 0 Å². The zero-order valence-corrected chi connectivity index (χ0v) is 19.8. The molecule has 1 fully saturated rings. The number of nitrogens with one attached hydrogen (secondary N) is 3. The highest BCUT2D eigenvalue weighted by Gasteiger charge is 2.52. The maximum absolute atomic E-state index is 12.6. The molecule has 11 heteroatoms. The molecule has 0 aromatic heterocycles. The number of hydrogen-bond acceptors (Lipinski definition) is 7. The van der Waals surface area contributed by atoms with Gasteiger partial charge in [0, 0.05) is 33.7 Å². The number of hydrogen-bond donors (Lipinski definition) is 3. The molecule has 0 spiro atoms. The van der Waals surface area contributed by atoms with E-state index in [-0.39, 0.29) is 24.8 Å². The summed E-state index contributed by atoms with van der Waals surface area (Å²) in [6.07, 6.45) is -0.0780. The summed E-state index contributed by atoms with van der Waals surface area (Å²) in [4.78, 5) is 49.7. The summed E-state index contributed by atoms with van der Waals surface area (Å²) in [5, 5.41) is 6.94. The Labute approximate surface area is 202 Å². The van der Waals surface area contributed by atoms with Crippen molar-refractivity contribution in [3.05, 3.63) is 54.1 Å². The minimum Gasteiger partial charge on any atom is -0.467 e. The zero-order chi connectivity index (χ0) is 25.4. The van der Waals surface area contributed by atoms with Gasteiger partial charge in [-0.05, 0) is 48.9 Å². The predicted molar refractivity (Wildman–Crippen MR) is 125 cm³/mol. The van der Waals surface area contributed by atoms with E-state index in [4.69, 9.17) is 14.2 Å². The van der Waals surface area contributed by atoms with Crippen molar-refractivity contribution >= 4 is 23.9 Å². The van der Waals surface area contributed by atoms with Crippen LogP contribution in [-0.4, -0.2) is 61.7 Å². The molecule has 3 rings (SSSR count). The van der Waals surface area contributed by atoms with Gasteiger partial charge in [0.05, 0.1) is 6.61 Å². The number of nitrogens with zero attached hydrogens (tertiary/aromatic N) is 1. The first-order valence-corrected chi connectivity index (χ1v) is 11.0. The highest BCUT2D eigenvalue weighted by atomic mass is 16.5. The van der Waals surface area contributed by atoms with Gasteiger partial charge in [-0.2, -0.15) is 0 Å². The normalized spacial score (nSPS) is 14.5. The van der Waals surface area contributed by atoms with E-state index in [0.29, 0.717) is 24.7 Å². The molecule has 0 saturated carbocycles. The van der Waals surface area contributed by atoms with E-state index < -0.39 is 23.4 Å². The first-order chi connectivity index (χ1) is 16.7. The molecule has 2 aromatic carbocycles. The molecular formula is C24H28N4O7. The second-order valence-electron chi connectivity index (χ2n) is 7.88. The second kappa shape index (κ2) is 11.3. The Morgan fingerprint density at radius 3 is 2.00 bits per heavy atom. The molecule has 3 N–H and O–H groups in total. The molecule has 2 aromatic rings. The number of amides is 6. The highest BCUT2D eigenvalue weighted by molar-refractivity contribution is 6.21. The fraction of sp³-hybridized carbons (Fsp3) is 0.333. The number of benzene rings is 2. The van der Waals surface area contributed by atoms with E-state index in [0.717, 1.165) is 5.56 Å². The van der Waals surface area contributed by atoms with Crippen LogP contribution in [0, 0.1) is 0 Å². The van der Waals surface area contributed by atoms with Crippen LogP contribution in [-0.2, 0) is 20.9 Å². The quantitative estimate of drug-likeness (QED) is 0.347. The van der Waals surface area contributed by atoms with Crippen molar-refractivity contribution in [2.45, 2.75) is 25.5 Å². The lowest BCUT2D eigenvalue weighted by Gasteiger charge is -2.34. The van der Waals surface area contributed by atoms with Crippen LogP contribution in [0.3, 0.4) is 0 Å². The van der Waals surface area contributed by atoms with Gasteiger partial charge >= 0.3 is 12.1 Å². The largest absolute Gasteiger partial charge is 0.467 e. The van der Waals surface area contributed by atoms with Crippen LogP contribution in [0.1, 0.15) is 18.9 Å². The molecule has 6 amide bonds. The number of barbiturate groups is 1. The van der Waals surface area contributed by atoms with E-state index in [1.165, 1.54) is 4.90 Å². The highest BCUT2D eigenvalue weighted by Crippen LogP contribution is 2.28. The Morgan fingerprint density at radius 1 is 0.914 bits per heavy atom. The number of carbonyl (C=O) groups excluding carboxylic acids is 4. The molecule has 0 atom stereocenters. The smallest absolute Gasteiger partial charge is 0.328 e. The van der Waals surface area contributed by atoms with Crippen LogP contribution >= 0.6 is 0 Å². The van der Waals surface area contributed by atoms with Crippen LogP contribution in [0.2, 0.25) is 0 Å². The maximum Gasteiger partial charge on any atom is 0.328 e. The number of carbonyl (C=O) groups is 4. The van der Waals surface area contributed by atoms with E-state index >= 15 is 0 Å². The van der Waals surface area contributed by atoms with Crippen molar-refractivity contribution < 1.29 is 33.4 Å².